The van der Waals surface area contributed by atoms with Crippen LogP contribution in [0.15, 0.2) is 127 Å². The van der Waals surface area contributed by atoms with Gasteiger partial charge >= 0.3 is 17.9 Å². The van der Waals surface area contributed by atoms with Crippen LogP contribution in [0.4, 0.5) is 0 Å². The average Bonchev–Trinajstić information content (AvgIpc) is 3.04. The minimum absolute atomic E-state index is 0.148. The van der Waals surface area contributed by atoms with E-state index in [1.807, 2.05) is 37.3 Å². The van der Waals surface area contributed by atoms with Crippen molar-refractivity contribution in [1.82, 2.24) is 0 Å². The van der Waals surface area contributed by atoms with Gasteiger partial charge in [-0.1, -0.05) is 84.5 Å². The van der Waals surface area contributed by atoms with Gasteiger partial charge < -0.3 is 14.6 Å². The van der Waals surface area contributed by atoms with Gasteiger partial charge in [0.05, 0.1) is 17.0 Å². The lowest BCUT2D eigenvalue weighted by molar-refractivity contribution is -0.142. The summed E-state index contributed by atoms with van der Waals surface area (Å²) in [5, 5.41) is 10.4. The van der Waals surface area contributed by atoms with Gasteiger partial charge in [0.25, 0.3) is 0 Å². The van der Waals surface area contributed by atoms with E-state index in [1.54, 1.807) is 91.9 Å². The zero-order valence-corrected chi connectivity index (χ0v) is 25.6. The standard InChI is InChI=1S/C39H38O6/c1-4-14-32(33(37(40)41)24-21-27(2)3)36-34(44-38(42)30-17-10-6-11-18-30)25-29(23-22-28-15-8-5-9-16-28)26-35(36)45-39(43)31-19-12-7-13-20-31/h4-20,25-26,32-33H,2,21-24H2,1,3H3,(H,40,41)/b14-4+/t32-,33+/m1/s1. The topological polar surface area (TPSA) is 89.9 Å². The smallest absolute Gasteiger partial charge is 0.343 e. The molecule has 0 amide bonds. The van der Waals surface area contributed by atoms with Gasteiger partial charge in [-0.25, -0.2) is 9.59 Å². The maximum Gasteiger partial charge on any atom is 0.343 e. The SMILES string of the molecule is C=C(C)CC[C@H](C(=O)O)[C@@H](/C=C/C)c1c(OC(=O)c2ccccc2)cc(CCc2ccccc2)cc1OC(=O)c1ccccc1. The Morgan fingerprint density at radius 1 is 0.756 bits per heavy atom. The number of benzene rings is 4. The van der Waals surface area contributed by atoms with E-state index in [0.717, 1.165) is 16.7 Å². The summed E-state index contributed by atoms with van der Waals surface area (Å²) in [6, 6.07) is 30.6. The van der Waals surface area contributed by atoms with Crippen molar-refractivity contribution < 1.29 is 29.0 Å². The quantitative estimate of drug-likeness (QED) is 0.0883. The Morgan fingerprint density at radius 2 is 1.22 bits per heavy atom. The maximum absolute atomic E-state index is 13.4. The van der Waals surface area contributed by atoms with Gasteiger partial charge in [-0.2, -0.15) is 0 Å². The van der Waals surface area contributed by atoms with Crippen molar-refractivity contribution >= 4 is 17.9 Å². The van der Waals surface area contributed by atoms with Gasteiger partial charge in [-0.05, 0) is 87.1 Å². The molecule has 0 unspecified atom stereocenters. The molecular weight excluding hydrogens is 564 g/mol. The summed E-state index contributed by atoms with van der Waals surface area (Å²) in [7, 11) is 0. The maximum atomic E-state index is 13.4. The van der Waals surface area contributed by atoms with E-state index >= 15 is 0 Å². The molecule has 45 heavy (non-hydrogen) atoms. The van der Waals surface area contributed by atoms with E-state index < -0.39 is 29.7 Å². The number of esters is 2. The average molecular weight is 603 g/mol. The summed E-state index contributed by atoms with van der Waals surface area (Å²) < 4.78 is 12.1. The predicted molar refractivity (Wildman–Crippen MR) is 176 cm³/mol. The fraction of sp³-hybridized carbons (Fsp3) is 0.205. The summed E-state index contributed by atoms with van der Waals surface area (Å²) in [5.41, 5.74) is 3.72. The van der Waals surface area contributed by atoms with Crippen LogP contribution in [-0.2, 0) is 17.6 Å². The molecule has 6 heteroatoms. The molecule has 1 N–H and O–H groups in total. The first kappa shape index (κ1) is 32.7. The molecule has 0 spiro atoms. The van der Waals surface area contributed by atoms with Crippen LogP contribution in [-0.4, -0.2) is 23.0 Å². The molecule has 0 aliphatic rings. The summed E-state index contributed by atoms with van der Waals surface area (Å²) in [6.45, 7) is 7.60. The number of aliphatic carboxylic acids is 1. The third kappa shape index (κ3) is 9.13. The first-order valence-electron chi connectivity index (χ1n) is 15.0. The van der Waals surface area contributed by atoms with Crippen molar-refractivity contribution in [3.05, 3.63) is 155 Å². The van der Waals surface area contributed by atoms with Gasteiger partial charge in [-0.15, -0.1) is 6.58 Å². The molecule has 0 fully saturated rings. The number of aryl methyl sites for hydroxylation is 2. The van der Waals surface area contributed by atoms with Gasteiger partial charge in [0.1, 0.15) is 11.5 Å². The second-order valence-corrected chi connectivity index (χ2v) is 11.0. The number of carboxylic acid groups (broad SMARTS) is 1. The monoisotopic (exact) mass is 602 g/mol. The highest BCUT2D eigenvalue weighted by Gasteiger charge is 2.34. The number of ether oxygens (including phenoxy) is 2. The number of carboxylic acids is 1. The van der Waals surface area contributed by atoms with E-state index in [2.05, 4.69) is 6.58 Å². The number of carbonyl (C=O) groups is 3. The molecule has 0 heterocycles. The van der Waals surface area contributed by atoms with E-state index in [0.29, 0.717) is 36.0 Å². The number of carbonyl (C=O) groups excluding carboxylic acids is 2. The Kier molecular flexibility index (Phi) is 11.6. The van der Waals surface area contributed by atoms with Crippen molar-refractivity contribution in [2.75, 3.05) is 0 Å². The highest BCUT2D eigenvalue weighted by Crippen LogP contribution is 2.44. The normalized spacial score (nSPS) is 12.3. The number of hydrogen-bond donors (Lipinski definition) is 1. The van der Waals surface area contributed by atoms with Crippen LogP contribution >= 0.6 is 0 Å². The Hall–Kier alpha value is -5.23. The summed E-state index contributed by atoms with van der Waals surface area (Å²) in [5.74, 6) is -3.64. The summed E-state index contributed by atoms with van der Waals surface area (Å²) in [4.78, 5) is 39.6. The summed E-state index contributed by atoms with van der Waals surface area (Å²) >= 11 is 0. The molecule has 4 aromatic rings. The van der Waals surface area contributed by atoms with Crippen molar-refractivity contribution in [2.45, 2.75) is 45.4 Å². The third-order valence-electron chi connectivity index (χ3n) is 7.50. The van der Waals surface area contributed by atoms with Crippen LogP contribution in [0.5, 0.6) is 11.5 Å². The fourth-order valence-corrected chi connectivity index (χ4v) is 5.19. The predicted octanol–water partition coefficient (Wildman–Crippen LogP) is 8.63. The van der Waals surface area contributed by atoms with Crippen molar-refractivity contribution in [2.24, 2.45) is 5.92 Å². The Morgan fingerprint density at radius 3 is 1.67 bits per heavy atom. The lowest BCUT2D eigenvalue weighted by Crippen LogP contribution is -2.24. The number of allylic oxidation sites excluding steroid dienone is 3. The number of hydrogen-bond acceptors (Lipinski definition) is 5. The molecule has 6 nitrogen and oxygen atoms in total. The van der Waals surface area contributed by atoms with Gasteiger partial charge in [0.15, 0.2) is 0 Å². The fourth-order valence-electron chi connectivity index (χ4n) is 5.19. The van der Waals surface area contributed by atoms with Gasteiger partial charge in [-0.3, -0.25) is 4.79 Å². The van der Waals surface area contributed by atoms with Crippen LogP contribution in [0, 0.1) is 5.92 Å². The van der Waals surface area contributed by atoms with Crippen molar-refractivity contribution in [3.8, 4) is 11.5 Å². The largest absolute Gasteiger partial charge is 0.481 e. The molecule has 0 aliphatic carbocycles. The zero-order chi connectivity index (χ0) is 32.2. The lowest BCUT2D eigenvalue weighted by atomic mass is 9.80. The second-order valence-electron chi connectivity index (χ2n) is 11.0. The van der Waals surface area contributed by atoms with Crippen molar-refractivity contribution in [1.29, 1.82) is 0 Å². The number of rotatable bonds is 14. The molecule has 230 valence electrons. The first-order chi connectivity index (χ1) is 21.8. The molecule has 0 saturated carbocycles. The van der Waals surface area contributed by atoms with Gasteiger partial charge in [0.2, 0.25) is 0 Å². The second kappa shape index (κ2) is 16.0. The van der Waals surface area contributed by atoms with Crippen molar-refractivity contribution in [3.63, 3.8) is 0 Å². The summed E-state index contributed by atoms with van der Waals surface area (Å²) in [6.07, 6.45) is 5.54. The van der Waals surface area contributed by atoms with Gasteiger partial charge in [0, 0.05) is 11.5 Å². The Balaban J connectivity index is 1.90. The highest BCUT2D eigenvalue weighted by molar-refractivity contribution is 5.92. The Bertz CT molecular complexity index is 1570. The minimum Gasteiger partial charge on any atom is -0.481 e. The van der Waals surface area contributed by atoms with E-state index in [1.165, 1.54) is 0 Å². The Labute approximate surface area is 264 Å². The van der Waals surface area contributed by atoms with E-state index in [9.17, 15) is 19.5 Å². The molecule has 0 bridgehead atoms. The van der Waals surface area contributed by atoms with Crippen LogP contribution in [0.1, 0.15) is 70.0 Å². The minimum atomic E-state index is -1.02. The van der Waals surface area contributed by atoms with E-state index in [4.69, 9.17) is 9.47 Å². The molecule has 0 saturated heterocycles. The molecule has 2 atom stereocenters. The molecule has 0 aromatic heterocycles. The van der Waals surface area contributed by atoms with Crippen LogP contribution in [0.2, 0.25) is 0 Å². The highest BCUT2D eigenvalue weighted by atomic mass is 16.5. The van der Waals surface area contributed by atoms with E-state index in [-0.39, 0.29) is 17.9 Å². The van der Waals surface area contributed by atoms with Crippen LogP contribution in [0.25, 0.3) is 0 Å². The van der Waals surface area contributed by atoms with Crippen LogP contribution in [0.3, 0.4) is 0 Å². The van der Waals surface area contributed by atoms with Crippen LogP contribution < -0.4 is 9.47 Å². The first-order valence-corrected chi connectivity index (χ1v) is 15.0. The molecule has 4 aromatic carbocycles. The third-order valence-corrected chi connectivity index (χ3v) is 7.50. The molecule has 0 aliphatic heterocycles. The lowest BCUT2D eigenvalue weighted by Gasteiger charge is -2.26. The molecule has 0 radical (unpaired) electrons. The molecular formula is C39H38O6. The molecule has 4 rings (SSSR count). The zero-order valence-electron chi connectivity index (χ0n) is 25.6.